The van der Waals surface area contributed by atoms with Crippen LogP contribution in [0.2, 0.25) is 0 Å². The standard InChI is InChI=1S/C16H27NO/c1-13(2)12-18-11-5-10-17-15(4)16-8-6-14(3)7-9-16/h6-9,13,15,17H,5,10-12H2,1-4H3. The lowest BCUT2D eigenvalue weighted by atomic mass is 10.1. The summed E-state index contributed by atoms with van der Waals surface area (Å²) >= 11 is 0. The summed E-state index contributed by atoms with van der Waals surface area (Å²) in [5.41, 5.74) is 2.66. The van der Waals surface area contributed by atoms with Gasteiger partial charge in [-0.2, -0.15) is 0 Å². The van der Waals surface area contributed by atoms with E-state index in [-0.39, 0.29) is 0 Å². The van der Waals surface area contributed by atoms with E-state index in [1.165, 1.54) is 11.1 Å². The van der Waals surface area contributed by atoms with Crippen LogP contribution in [0.4, 0.5) is 0 Å². The molecule has 18 heavy (non-hydrogen) atoms. The maximum atomic E-state index is 5.56. The van der Waals surface area contributed by atoms with Crippen LogP contribution in [0.3, 0.4) is 0 Å². The van der Waals surface area contributed by atoms with Crippen LogP contribution in [0.25, 0.3) is 0 Å². The molecule has 2 nitrogen and oxygen atoms in total. The van der Waals surface area contributed by atoms with Gasteiger partial charge in [-0.1, -0.05) is 43.7 Å². The molecule has 1 unspecified atom stereocenters. The lowest BCUT2D eigenvalue weighted by molar-refractivity contribution is 0.107. The average molecular weight is 249 g/mol. The Kier molecular flexibility index (Phi) is 6.99. The van der Waals surface area contributed by atoms with Crippen molar-refractivity contribution in [3.05, 3.63) is 35.4 Å². The first kappa shape index (κ1) is 15.2. The van der Waals surface area contributed by atoms with E-state index < -0.39 is 0 Å². The van der Waals surface area contributed by atoms with Crippen molar-refractivity contribution in [3.63, 3.8) is 0 Å². The van der Waals surface area contributed by atoms with E-state index in [9.17, 15) is 0 Å². The maximum Gasteiger partial charge on any atom is 0.0489 e. The molecule has 0 aliphatic heterocycles. The largest absolute Gasteiger partial charge is 0.381 e. The summed E-state index contributed by atoms with van der Waals surface area (Å²) in [6.07, 6.45) is 1.07. The Morgan fingerprint density at radius 2 is 1.78 bits per heavy atom. The summed E-state index contributed by atoms with van der Waals surface area (Å²) in [5.74, 6) is 0.629. The van der Waals surface area contributed by atoms with Crippen LogP contribution in [0, 0.1) is 12.8 Å². The summed E-state index contributed by atoms with van der Waals surface area (Å²) in [4.78, 5) is 0. The zero-order valence-corrected chi connectivity index (χ0v) is 12.2. The molecule has 1 aromatic rings. The van der Waals surface area contributed by atoms with Gasteiger partial charge in [-0.05, 0) is 38.3 Å². The molecule has 0 aliphatic carbocycles. The Labute approximate surface area is 112 Å². The zero-order chi connectivity index (χ0) is 13.4. The fourth-order valence-corrected chi connectivity index (χ4v) is 1.78. The van der Waals surface area contributed by atoms with Gasteiger partial charge in [0.15, 0.2) is 0 Å². The third kappa shape index (κ3) is 6.18. The SMILES string of the molecule is Cc1ccc(C(C)NCCCOCC(C)C)cc1. The molecule has 0 heterocycles. The van der Waals surface area contributed by atoms with Crippen LogP contribution in [-0.2, 0) is 4.74 Å². The molecule has 2 heteroatoms. The summed E-state index contributed by atoms with van der Waals surface area (Å²) in [5, 5.41) is 3.53. The lowest BCUT2D eigenvalue weighted by Gasteiger charge is -2.14. The molecule has 1 aromatic carbocycles. The van der Waals surface area contributed by atoms with Gasteiger partial charge in [0.1, 0.15) is 0 Å². The second-order valence-corrected chi connectivity index (χ2v) is 5.41. The van der Waals surface area contributed by atoms with Crippen LogP contribution in [0.5, 0.6) is 0 Å². The Morgan fingerprint density at radius 1 is 1.11 bits per heavy atom. The minimum atomic E-state index is 0.413. The van der Waals surface area contributed by atoms with E-state index in [4.69, 9.17) is 4.74 Å². The van der Waals surface area contributed by atoms with Crippen molar-refractivity contribution in [2.75, 3.05) is 19.8 Å². The minimum absolute atomic E-state index is 0.413. The third-order valence-corrected chi connectivity index (χ3v) is 2.94. The molecule has 0 amide bonds. The van der Waals surface area contributed by atoms with E-state index in [0.717, 1.165) is 26.2 Å². The molecule has 0 aromatic heterocycles. The van der Waals surface area contributed by atoms with Crippen LogP contribution in [0.1, 0.15) is 44.4 Å². The molecule has 0 fully saturated rings. The zero-order valence-electron chi connectivity index (χ0n) is 12.2. The first-order valence-electron chi connectivity index (χ1n) is 6.97. The summed E-state index contributed by atoms with van der Waals surface area (Å²) in [6, 6.07) is 9.14. The number of aryl methyl sites for hydroxylation is 1. The van der Waals surface area contributed by atoms with Crippen LogP contribution >= 0.6 is 0 Å². The van der Waals surface area contributed by atoms with Crippen molar-refractivity contribution in [2.45, 2.75) is 40.2 Å². The van der Waals surface area contributed by atoms with E-state index in [0.29, 0.717) is 12.0 Å². The number of rotatable bonds is 8. The molecule has 1 rings (SSSR count). The predicted octanol–water partition coefficient (Wildman–Crippen LogP) is 3.71. The van der Waals surface area contributed by atoms with Gasteiger partial charge in [0.2, 0.25) is 0 Å². The first-order chi connectivity index (χ1) is 8.59. The van der Waals surface area contributed by atoms with Crippen LogP contribution in [0.15, 0.2) is 24.3 Å². The highest BCUT2D eigenvalue weighted by Gasteiger charge is 2.03. The first-order valence-corrected chi connectivity index (χ1v) is 6.97. The van der Waals surface area contributed by atoms with Gasteiger partial charge in [-0.15, -0.1) is 0 Å². The smallest absolute Gasteiger partial charge is 0.0489 e. The highest BCUT2D eigenvalue weighted by atomic mass is 16.5. The summed E-state index contributed by atoms with van der Waals surface area (Å²) in [6.45, 7) is 11.4. The molecule has 0 aliphatic rings. The van der Waals surface area contributed by atoms with Gasteiger partial charge < -0.3 is 10.1 Å². The highest BCUT2D eigenvalue weighted by molar-refractivity contribution is 5.23. The van der Waals surface area contributed by atoms with E-state index >= 15 is 0 Å². The molecular formula is C16H27NO. The van der Waals surface area contributed by atoms with E-state index in [2.05, 4.69) is 57.3 Å². The second kappa shape index (κ2) is 8.28. The molecule has 0 saturated carbocycles. The lowest BCUT2D eigenvalue weighted by Crippen LogP contribution is -2.21. The molecule has 1 N–H and O–H groups in total. The normalized spacial score (nSPS) is 12.9. The summed E-state index contributed by atoms with van der Waals surface area (Å²) < 4.78 is 5.56. The Bertz CT molecular complexity index is 318. The van der Waals surface area contributed by atoms with Gasteiger partial charge in [0, 0.05) is 19.3 Å². The van der Waals surface area contributed by atoms with Crippen molar-refractivity contribution >= 4 is 0 Å². The Morgan fingerprint density at radius 3 is 2.39 bits per heavy atom. The molecule has 1 atom stereocenters. The molecule has 0 saturated heterocycles. The molecular weight excluding hydrogens is 222 g/mol. The van der Waals surface area contributed by atoms with Crippen molar-refractivity contribution in [1.29, 1.82) is 0 Å². The van der Waals surface area contributed by atoms with Crippen LogP contribution in [-0.4, -0.2) is 19.8 Å². The van der Waals surface area contributed by atoms with E-state index in [1.807, 2.05) is 0 Å². The van der Waals surface area contributed by atoms with Gasteiger partial charge in [0.25, 0.3) is 0 Å². The number of nitrogens with one attached hydrogen (secondary N) is 1. The monoisotopic (exact) mass is 249 g/mol. The van der Waals surface area contributed by atoms with Crippen LogP contribution < -0.4 is 5.32 Å². The fraction of sp³-hybridized carbons (Fsp3) is 0.625. The van der Waals surface area contributed by atoms with Gasteiger partial charge in [-0.25, -0.2) is 0 Å². The van der Waals surface area contributed by atoms with Crippen molar-refractivity contribution in [2.24, 2.45) is 5.92 Å². The number of hydrogen-bond donors (Lipinski definition) is 1. The highest BCUT2D eigenvalue weighted by Crippen LogP contribution is 2.12. The predicted molar refractivity (Wildman–Crippen MR) is 77.9 cm³/mol. The minimum Gasteiger partial charge on any atom is -0.381 e. The Hall–Kier alpha value is -0.860. The quantitative estimate of drug-likeness (QED) is 0.709. The molecule has 0 bridgehead atoms. The van der Waals surface area contributed by atoms with Gasteiger partial charge in [-0.3, -0.25) is 0 Å². The topological polar surface area (TPSA) is 21.3 Å². The number of ether oxygens (including phenoxy) is 1. The average Bonchev–Trinajstić information content (AvgIpc) is 2.34. The second-order valence-electron chi connectivity index (χ2n) is 5.41. The number of hydrogen-bond acceptors (Lipinski definition) is 2. The van der Waals surface area contributed by atoms with Crippen molar-refractivity contribution in [3.8, 4) is 0 Å². The van der Waals surface area contributed by atoms with Gasteiger partial charge >= 0.3 is 0 Å². The molecule has 0 spiro atoms. The van der Waals surface area contributed by atoms with Gasteiger partial charge in [0.05, 0.1) is 0 Å². The maximum absolute atomic E-state index is 5.56. The third-order valence-electron chi connectivity index (χ3n) is 2.94. The van der Waals surface area contributed by atoms with Crippen molar-refractivity contribution in [1.82, 2.24) is 5.32 Å². The fourth-order valence-electron chi connectivity index (χ4n) is 1.78. The Balaban J connectivity index is 2.13. The molecule has 102 valence electrons. The molecule has 0 radical (unpaired) electrons. The van der Waals surface area contributed by atoms with Crippen molar-refractivity contribution < 1.29 is 4.74 Å². The number of benzene rings is 1. The van der Waals surface area contributed by atoms with E-state index in [1.54, 1.807) is 0 Å². The summed E-state index contributed by atoms with van der Waals surface area (Å²) in [7, 11) is 0.